The van der Waals surface area contributed by atoms with Crippen LogP contribution < -0.4 is 5.32 Å². The summed E-state index contributed by atoms with van der Waals surface area (Å²) < 4.78 is 26.4. The van der Waals surface area contributed by atoms with Crippen LogP contribution in [-0.4, -0.2) is 4.92 Å². The van der Waals surface area contributed by atoms with Gasteiger partial charge in [0, 0.05) is 18.2 Å². The molecule has 6 heteroatoms. The Morgan fingerprint density at radius 2 is 1.84 bits per heavy atom. The van der Waals surface area contributed by atoms with Gasteiger partial charge in [0.2, 0.25) is 0 Å². The summed E-state index contributed by atoms with van der Waals surface area (Å²) in [6, 6.07) is 9.82. The number of nitro benzene ring substituents is 1. The molecule has 0 fully saturated rings. The highest BCUT2D eigenvalue weighted by Gasteiger charge is 2.13. The second-order valence-electron chi connectivity index (χ2n) is 3.84. The van der Waals surface area contributed by atoms with E-state index in [1.54, 1.807) is 6.07 Å². The molecule has 4 nitrogen and oxygen atoms in total. The maximum Gasteiger partial charge on any atom is 0.292 e. The van der Waals surface area contributed by atoms with Gasteiger partial charge in [0.1, 0.15) is 5.69 Å². The quantitative estimate of drug-likeness (QED) is 0.679. The maximum absolute atomic E-state index is 13.4. The molecule has 1 N–H and O–H groups in total. The Balaban J connectivity index is 2.19. The lowest BCUT2D eigenvalue weighted by Gasteiger charge is -2.08. The molecule has 0 saturated heterocycles. The predicted molar refractivity (Wildman–Crippen MR) is 66.8 cm³/mol. The minimum atomic E-state index is -0.950. The standard InChI is InChI=1S/C13H10F2N2O2/c14-10-5-3-4-9(13(10)15)8-16-11-6-1-2-7-12(11)17(18)19/h1-7,16H,8H2. The molecule has 0 aliphatic heterocycles. The van der Waals surface area contributed by atoms with Gasteiger partial charge in [-0.2, -0.15) is 0 Å². The topological polar surface area (TPSA) is 55.2 Å². The number of para-hydroxylation sites is 2. The molecule has 2 rings (SSSR count). The van der Waals surface area contributed by atoms with Crippen LogP contribution in [0.2, 0.25) is 0 Å². The summed E-state index contributed by atoms with van der Waals surface area (Å²) in [4.78, 5) is 10.2. The van der Waals surface area contributed by atoms with Crippen molar-refractivity contribution in [3.8, 4) is 0 Å². The average Bonchev–Trinajstić information content (AvgIpc) is 2.40. The van der Waals surface area contributed by atoms with Gasteiger partial charge in [-0.05, 0) is 12.1 Å². The molecule has 0 heterocycles. The molecule has 2 aromatic rings. The van der Waals surface area contributed by atoms with Crippen LogP contribution in [0, 0.1) is 21.7 Å². The third-order valence-corrected chi connectivity index (χ3v) is 2.60. The third-order valence-electron chi connectivity index (χ3n) is 2.60. The van der Waals surface area contributed by atoms with Gasteiger partial charge in [-0.1, -0.05) is 24.3 Å². The van der Waals surface area contributed by atoms with Crippen molar-refractivity contribution in [1.29, 1.82) is 0 Å². The molecule has 0 spiro atoms. The zero-order valence-corrected chi connectivity index (χ0v) is 9.77. The summed E-state index contributed by atoms with van der Waals surface area (Å²) in [6.45, 7) is -0.0333. The van der Waals surface area contributed by atoms with Crippen LogP contribution >= 0.6 is 0 Å². The van der Waals surface area contributed by atoms with Crippen molar-refractivity contribution in [2.45, 2.75) is 6.54 Å². The maximum atomic E-state index is 13.4. The molecular weight excluding hydrogens is 254 g/mol. The lowest BCUT2D eigenvalue weighted by molar-refractivity contribution is -0.384. The third kappa shape index (κ3) is 2.85. The number of anilines is 1. The van der Waals surface area contributed by atoms with Gasteiger partial charge >= 0.3 is 0 Å². The van der Waals surface area contributed by atoms with Crippen molar-refractivity contribution < 1.29 is 13.7 Å². The van der Waals surface area contributed by atoms with Gasteiger partial charge < -0.3 is 5.32 Å². The SMILES string of the molecule is O=[N+]([O-])c1ccccc1NCc1cccc(F)c1F. The molecule has 0 bridgehead atoms. The summed E-state index contributed by atoms with van der Waals surface area (Å²) in [7, 11) is 0. The Morgan fingerprint density at radius 3 is 2.58 bits per heavy atom. The number of rotatable bonds is 4. The van der Waals surface area contributed by atoms with E-state index in [1.165, 1.54) is 30.3 Å². The highest BCUT2D eigenvalue weighted by molar-refractivity contribution is 5.61. The minimum Gasteiger partial charge on any atom is -0.375 e. The number of benzene rings is 2. The fourth-order valence-corrected chi connectivity index (χ4v) is 1.66. The summed E-state index contributed by atoms with van der Waals surface area (Å²) in [5, 5.41) is 13.5. The number of hydrogen-bond acceptors (Lipinski definition) is 3. The summed E-state index contributed by atoms with van der Waals surface area (Å²) in [6.07, 6.45) is 0. The molecule has 0 aliphatic rings. The fourth-order valence-electron chi connectivity index (χ4n) is 1.66. The molecule has 0 saturated carbocycles. The van der Waals surface area contributed by atoms with Crippen molar-refractivity contribution >= 4 is 11.4 Å². The van der Waals surface area contributed by atoms with Crippen molar-refractivity contribution in [2.75, 3.05) is 5.32 Å². The van der Waals surface area contributed by atoms with Gasteiger partial charge in [0.25, 0.3) is 5.69 Å². The summed E-state index contributed by atoms with van der Waals surface area (Å²) in [5.41, 5.74) is 0.258. The smallest absolute Gasteiger partial charge is 0.292 e. The van der Waals surface area contributed by atoms with Gasteiger partial charge in [-0.3, -0.25) is 10.1 Å². The van der Waals surface area contributed by atoms with E-state index < -0.39 is 16.6 Å². The Kier molecular flexibility index (Phi) is 3.70. The zero-order chi connectivity index (χ0) is 13.8. The zero-order valence-electron chi connectivity index (χ0n) is 9.77. The van der Waals surface area contributed by atoms with Crippen molar-refractivity contribution in [3.05, 3.63) is 69.8 Å². The van der Waals surface area contributed by atoms with E-state index >= 15 is 0 Å². The van der Waals surface area contributed by atoms with Crippen LogP contribution in [0.3, 0.4) is 0 Å². The van der Waals surface area contributed by atoms with Gasteiger partial charge in [-0.25, -0.2) is 8.78 Å². The Labute approximate surface area is 107 Å². The molecule has 2 aromatic carbocycles. The van der Waals surface area contributed by atoms with E-state index in [9.17, 15) is 18.9 Å². The summed E-state index contributed by atoms with van der Waals surface area (Å²) in [5.74, 6) is -1.89. The highest BCUT2D eigenvalue weighted by Crippen LogP contribution is 2.24. The van der Waals surface area contributed by atoms with Gasteiger partial charge in [-0.15, -0.1) is 0 Å². The first kappa shape index (κ1) is 12.9. The number of hydrogen-bond donors (Lipinski definition) is 1. The van der Waals surface area contributed by atoms with E-state index in [1.807, 2.05) is 0 Å². The number of nitrogens with one attached hydrogen (secondary N) is 1. The lowest BCUT2D eigenvalue weighted by Crippen LogP contribution is -2.05. The van der Waals surface area contributed by atoms with Crippen LogP contribution in [0.5, 0.6) is 0 Å². The van der Waals surface area contributed by atoms with E-state index in [2.05, 4.69) is 5.32 Å². The molecule has 0 aliphatic carbocycles. The molecule has 0 aromatic heterocycles. The normalized spacial score (nSPS) is 10.2. The molecular formula is C13H10F2N2O2. The van der Waals surface area contributed by atoms with Gasteiger partial charge in [0.05, 0.1) is 4.92 Å². The molecule has 0 amide bonds. The van der Waals surface area contributed by atoms with Crippen LogP contribution in [0.4, 0.5) is 20.2 Å². The lowest BCUT2D eigenvalue weighted by atomic mass is 10.2. The number of nitrogens with zero attached hydrogens (tertiary/aromatic N) is 1. The van der Waals surface area contributed by atoms with Crippen molar-refractivity contribution in [1.82, 2.24) is 0 Å². The first-order valence-electron chi connectivity index (χ1n) is 5.50. The summed E-state index contributed by atoms with van der Waals surface area (Å²) >= 11 is 0. The van der Waals surface area contributed by atoms with E-state index in [-0.39, 0.29) is 23.5 Å². The minimum absolute atomic E-state index is 0.0333. The highest BCUT2D eigenvalue weighted by atomic mass is 19.2. The Morgan fingerprint density at radius 1 is 1.11 bits per heavy atom. The van der Waals surface area contributed by atoms with Gasteiger partial charge in [0.15, 0.2) is 11.6 Å². The van der Waals surface area contributed by atoms with E-state index in [0.29, 0.717) is 0 Å². The van der Waals surface area contributed by atoms with Crippen LogP contribution in [0.25, 0.3) is 0 Å². The molecule has 0 radical (unpaired) electrons. The number of halogens is 2. The van der Waals surface area contributed by atoms with Crippen LogP contribution in [0.15, 0.2) is 42.5 Å². The number of nitro groups is 1. The molecule has 0 unspecified atom stereocenters. The van der Waals surface area contributed by atoms with Crippen molar-refractivity contribution in [2.24, 2.45) is 0 Å². The van der Waals surface area contributed by atoms with Crippen LogP contribution in [0.1, 0.15) is 5.56 Å². The first-order valence-corrected chi connectivity index (χ1v) is 5.50. The second-order valence-corrected chi connectivity index (χ2v) is 3.84. The largest absolute Gasteiger partial charge is 0.375 e. The molecule has 98 valence electrons. The molecule has 19 heavy (non-hydrogen) atoms. The Bertz CT molecular complexity index is 617. The van der Waals surface area contributed by atoms with E-state index in [4.69, 9.17) is 0 Å². The monoisotopic (exact) mass is 264 g/mol. The van der Waals surface area contributed by atoms with Crippen molar-refractivity contribution in [3.63, 3.8) is 0 Å². The van der Waals surface area contributed by atoms with Crippen LogP contribution in [-0.2, 0) is 6.54 Å². The first-order chi connectivity index (χ1) is 9.09. The average molecular weight is 264 g/mol. The fraction of sp³-hybridized carbons (Fsp3) is 0.0769. The second kappa shape index (κ2) is 5.43. The van der Waals surface area contributed by atoms with E-state index in [0.717, 1.165) is 6.07 Å². The predicted octanol–water partition coefficient (Wildman–Crippen LogP) is 3.49. The Hall–Kier alpha value is -2.50. The molecule has 0 atom stereocenters.